The Morgan fingerprint density at radius 2 is 1.96 bits per heavy atom. The number of anilines is 1. The van der Waals surface area contributed by atoms with Crippen molar-refractivity contribution in [1.29, 1.82) is 0 Å². The van der Waals surface area contributed by atoms with Crippen LogP contribution >= 0.6 is 0 Å². The molecule has 0 saturated carbocycles. The number of nitrogens with one attached hydrogen (secondary N) is 1. The molecule has 3 aromatic rings. The number of ether oxygens (including phenoxy) is 1. The number of nitrogens with zero attached hydrogens (tertiary/aromatic N) is 2. The highest BCUT2D eigenvalue weighted by molar-refractivity contribution is 5.92. The van der Waals surface area contributed by atoms with Gasteiger partial charge in [-0.25, -0.2) is 9.78 Å². The number of benzene rings is 1. The third kappa shape index (κ3) is 3.43. The van der Waals surface area contributed by atoms with Crippen LogP contribution in [0.4, 0.5) is 5.69 Å². The number of esters is 1. The highest BCUT2D eigenvalue weighted by Gasteiger charge is 2.10. The molecule has 2 aromatic heterocycles. The number of carbonyl (C=O) groups excluding carboxylic acids is 2. The van der Waals surface area contributed by atoms with Crippen molar-refractivity contribution >= 4 is 23.2 Å². The molecule has 2 heterocycles. The number of aryl methyl sites for hydroxylation is 1. The van der Waals surface area contributed by atoms with Crippen LogP contribution in [0.2, 0.25) is 0 Å². The lowest BCUT2D eigenvalue weighted by atomic mass is 10.2. The largest absolute Gasteiger partial charge is 0.456 e. The summed E-state index contributed by atoms with van der Waals surface area (Å²) in [5.74, 6) is -0.592. The summed E-state index contributed by atoms with van der Waals surface area (Å²) in [5, 5.41) is 2.65. The molecule has 0 saturated heterocycles. The van der Waals surface area contributed by atoms with Gasteiger partial charge in [0.15, 0.2) is 0 Å². The van der Waals surface area contributed by atoms with Crippen molar-refractivity contribution in [3.63, 3.8) is 0 Å². The predicted octanol–water partition coefficient (Wildman–Crippen LogP) is 2.96. The van der Waals surface area contributed by atoms with E-state index in [1.54, 1.807) is 24.3 Å². The minimum atomic E-state index is -0.432. The van der Waals surface area contributed by atoms with Gasteiger partial charge in [0, 0.05) is 25.0 Å². The standard InChI is InChI=1S/C18H17N3O3/c1-12-4-3-9-21-10-16(20-17(12)21)11-24-18(23)14-5-7-15(8-6-14)19-13(2)22/h3-10H,11H2,1-2H3,(H,19,22). The first-order chi connectivity index (χ1) is 11.5. The third-order valence-electron chi connectivity index (χ3n) is 3.52. The normalized spacial score (nSPS) is 10.6. The van der Waals surface area contributed by atoms with E-state index in [0.717, 1.165) is 11.2 Å². The highest BCUT2D eigenvalue weighted by atomic mass is 16.5. The van der Waals surface area contributed by atoms with E-state index in [2.05, 4.69) is 10.3 Å². The van der Waals surface area contributed by atoms with Gasteiger partial charge in [-0.1, -0.05) is 6.07 Å². The van der Waals surface area contributed by atoms with E-state index in [1.807, 2.05) is 35.9 Å². The van der Waals surface area contributed by atoms with E-state index >= 15 is 0 Å². The molecule has 6 nitrogen and oxygen atoms in total. The molecule has 0 unspecified atom stereocenters. The SMILES string of the molecule is CC(=O)Nc1ccc(C(=O)OCc2cn3cccc(C)c3n2)cc1. The molecule has 1 aromatic carbocycles. The number of hydrogen-bond donors (Lipinski definition) is 1. The molecule has 6 heteroatoms. The first kappa shape index (κ1) is 15.7. The zero-order valence-corrected chi connectivity index (χ0v) is 13.4. The van der Waals surface area contributed by atoms with E-state index in [1.165, 1.54) is 6.92 Å². The first-order valence-corrected chi connectivity index (χ1v) is 7.51. The number of carbonyl (C=O) groups is 2. The molecule has 0 aliphatic carbocycles. The summed E-state index contributed by atoms with van der Waals surface area (Å²) in [6.45, 7) is 3.51. The summed E-state index contributed by atoms with van der Waals surface area (Å²) in [6, 6.07) is 10.5. The molecule has 0 aliphatic rings. The Hall–Kier alpha value is -3.15. The van der Waals surface area contributed by atoms with Gasteiger partial charge in [0.25, 0.3) is 0 Å². The van der Waals surface area contributed by atoms with Gasteiger partial charge in [0.2, 0.25) is 5.91 Å². The van der Waals surface area contributed by atoms with Gasteiger partial charge in [-0.2, -0.15) is 0 Å². The molecule has 0 spiro atoms. The van der Waals surface area contributed by atoms with E-state index in [0.29, 0.717) is 16.9 Å². The molecule has 0 bridgehead atoms. The molecule has 24 heavy (non-hydrogen) atoms. The van der Waals surface area contributed by atoms with Crippen molar-refractivity contribution in [2.45, 2.75) is 20.5 Å². The van der Waals surface area contributed by atoms with Crippen LogP contribution in [-0.2, 0) is 16.1 Å². The lowest BCUT2D eigenvalue weighted by Gasteiger charge is -2.05. The Bertz CT molecular complexity index is 898. The quantitative estimate of drug-likeness (QED) is 0.749. The molecule has 1 N–H and O–H groups in total. The van der Waals surface area contributed by atoms with E-state index in [-0.39, 0.29) is 12.5 Å². The summed E-state index contributed by atoms with van der Waals surface area (Å²) in [6.07, 6.45) is 3.75. The van der Waals surface area contributed by atoms with E-state index in [4.69, 9.17) is 4.74 Å². The summed E-state index contributed by atoms with van der Waals surface area (Å²) in [5.41, 5.74) is 3.65. The molecule has 1 amide bonds. The average molecular weight is 323 g/mol. The Morgan fingerprint density at radius 3 is 2.62 bits per heavy atom. The summed E-state index contributed by atoms with van der Waals surface area (Å²) < 4.78 is 7.21. The van der Waals surface area contributed by atoms with Gasteiger partial charge < -0.3 is 14.5 Å². The smallest absolute Gasteiger partial charge is 0.338 e. The average Bonchev–Trinajstić information content (AvgIpc) is 2.97. The molecule has 3 rings (SSSR count). The minimum Gasteiger partial charge on any atom is -0.456 e. The van der Waals surface area contributed by atoms with Crippen molar-refractivity contribution in [2.24, 2.45) is 0 Å². The maximum absolute atomic E-state index is 12.1. The van der Waals surface area contributed by atoms with Crippen molar-refractivity contribution in [2.75, 3.05) is 5.32 Å². The maximum Gasteiger partial charge on any atom is 0.338 e. The van der Waals surface area contributed by atoms with Crippen molar-refractivity contribution in [1.82, 2.24) is 9.38 Å². The fraction of sp³-hybridized carbons (Fsp3) is 0.167. The minimum absolute atomic E-state index is 0.105. The van der Waals surface area contributed by atoms with Crippen LogP contribution in [0.5, 0.6) is 0 Å². The molecule has 0 atom stereocenters. The number of rotatable bonds is 4. The van der Waals surface area contributed by atoms with Gasteiger partial charge >= 0.3 is 5.97 Å². The van der Waals surface area contributed by atoms with Gasteiger partial charge in [0.1, 0.15) is 12.3 Å². The maximum atomic E-state index is 12.1. The summed E-state index contributed by atoms with van der Waals surface area (Å²) in [7, 11) is 0. The Kier molecular flexibility index (Phi) is 4.29. The fourth-order valence-corrected chi connectivity index (χ4v) is 2.39. The number of fused-ring (bicyclic) bond motifs is 1. The molecular formula is C18H17N3O3. The third-order valence-corrected chi connectivity index (χ3v) is 3.52. The Morgan fingerprint density at radius 1 is 1.21 bits per heavy atom. The molecular weight excluding hydrogens is 306 g/mol. The van der Waals surface area contributed by atoms with Crippen LogP contribution < -0.4 is 5.32 Å². The molecule has 0 fully saturated rings. The van der Waals surface area contributed by atoms with Gasteiger partial charge in [0.05, 0.1) is 11.3 Å². The predicted molar refractivity (Wildman–Crippen MR) is 89.8 cm³/mol. The molecule has 0 radical (unpaired) electrons. The van der Waals surface area contributed by atoms with Crippen LogP contribution in [0.25, 0.3) is 5.65 Å². The zero-order chi connectivity index (χ0) is 17.1. The Balaban J connectivity index is 1.66. The van der Waals surface area contributed by atoms with Crippen LogP contribution in [-0.4, -0.2) is 21.3 Å². The zero-order valence-electron chi connectivity index (χ0n) is 13.4. The van der Waals surface area contributed by atoms with Gasteiger partial charge in [-0.15, -0.1) is 0 Å². The van der Waals surface area contributed by atoms with Crippen LogP contribution in [0, 0.1) is 6.92 Å². The number of amides is 1. The van der Waals surface area contributed by atoms with Crippen LogP contribution in [0.15, 0.2) is 48.8 Å². The van der Waals surface area contributed by atoms with Gasteiger partial charge in [-0.3, -0.25) is 4.79 Å². The van der Waals surface area contributed by atoms with Crippen LogP contribution in [0.3, 0.4) is 0 Å². The second kappa shape index (κ2) is 6.54. The Labute approximate surface area is 139 Å². The van der Waals surface area contributed by atoms with E-state index < -0.39 is 5.97 Å². The lowest BCUT2D eigenvalue weighted by molar-refractivity contribution is -0.114. The molecule has 122 valence electrons. The summed E-state index contributed by atoms with van der Waals surface area (Å²) in [4.78, 5) is 27.5. The van der Waals surface area contributed by atoms with E-state index in [9.17, 15) is 9.59 Å². The fourth-order valence-electron chi connectivity index (χ4n) is 2.39. The highest BCUT2D eigenvalue weighted by Crippen LogP contribution is 2.13. The first-order valence-electron chi connectivity index (χ1n) is 7.51. The number of pyridine rings is 1. The second-order valence-electron chi connectivity index (χ2n) is 5.49. The summed E-state index contributed by atoms with van der Waals surface area (Å²) >= 11 is 0. The van der Waals surface area contributed by atoms with Crippen LogP contribution in [0.1, 0.15) is 28.5 Å². The van der Waals surface area contributed by atoms with Crippen molar-refractivity contribution < 1.29 is 14.3 Å². The molecule has 0 aliphatic heterocycles. The number of hydrogen-bond acceptors (Lipinski definition) is 4. The van der Waals surface area contributed by atoms with Gasteiger partial charge in [-0.05, 0) is 42.8 Å². The topological polar surface area (TPSA) is 72.7 Å². The van der Waals surface area contributed by atoms with Crippen molar-refractivity contribution in [3.8, 4) is 0 Å². The number of imidazole rings is 1. The monoisotopic (exact) mass is 323 g/mol. The lowest BCUT2D eigenvalue weighted by Crippen LogP contribution is -2.07. The second-order valence-corrected chi connectivity index (χ2v) is 5.49. The van der Waals surface area contributed by atoms with Crippen molar-refractivity contribution in [3.05, 3.63) is 65.6 Å². The number of aromatic nitrogens is 2.